The van der Waals surface area contributed by atoms with E-state index >= 15 is 0 Å². The van der Waals surface area contributed by atoms with Gasteiger partial charge >= 0.3 is 5.97 Å². The highest BCUT2D eigenvalue weighted by atomic mass is 79.9. The Morgan fingerprint density at radius 1 is 1.35 bits per heavy atom. The fraction of sp³-hybridized carbons (Fsp3) is 0.286. The van der Waals surface area contributed by atoms with E-state index in [9.17, 15) is 4.79 Å². The number of benzene rings is 1. The third-order valence-electron chi connectivity index (χ3n) is 2.61. The van der Waals surface area contributed by atoms with Crippen LogP contribution in [0.4, 0.5) is 0 Å². The van der Waals surface area contributed by atoms with Gasteiger partial charge in [0.05, 0.1) is 13.5 Å². The molecule has 0 spiro atoms. The van der Waals surface area contributed by atoms with Crippen LogP contribution in [0, 0.1) is 0 Å². The van der Waals surface area contributed by atoms with Crippen LogP contribution in [0.25, 0.3) is 11.3 Å². The summed E-state index contributed by atoms with van der Waals surface area (Å²) in [4.78, 5) is 11.2. The van der Waals surface area contributed by atoms with Gasteiger partial charge in [0, 0.05) is 17.0 Å². The van der Waals surface area contributed by atoms with Crippen molar-refractivity contribution in [2.75, 3.05) is 12.4 Å². The number of alkyl halides is 1. The zero-order valence-corrected chi connectivity index (χ0v) is 12.6. The van der Waals surface area contributed by atoms with Gasteiger partial charge in [0.1, 0.15) is 18.1 Å². The Balaban J connectivity index is 1.99. The molecule has 0 amide bonds. The molecule has 0 bridgehead atoms. The molecule has 5 nitrogen and oxygen atoms in total. The number of halogens is 1. The normalized spacial score (nSPS) is 10.3. The number of hydrogen-bond donors (Lipinski definition) is 0. The standard InChI is InChI=1S/C14H14BrNO4/c1-18-12-4-2-10(3-5-12)13-8-11(16-20-13)9-19-14(17)6-7-15/h2-5,8H,6-7,9H2,1H3. The summed E-state index contributed by atoms with van der Waals surface area (Å²) in [7, 11) is 1.61. The van der Waals surface area contributed by atoms with Gasteiger partial charge in [-0.3, -0.25) is 4.79 Å². The maximum absolute atomic E-state index is 11.2. The molecule has 0 radical (unpaired) electrons. The van der Waals surface area contributed by atoms with Crippen LogP contribution in [0.1, 0.15) is 12.1 Å². The van der Waals surface area contributed by atoms with Crippen molar-refractivity contribution in [2.24, 2.45) is 0 Å². The smallest absolute Gasteiger partial charge is 0.307 e. The van der Waals surface area contributed by atoms with Crippen LogP contribution >= 0.6 is 15.9 Å². The Bertz CT molecular complexity index is 565. The van der Waals surface area contributed by atoms with Gasteiger partial charge in [0.25, 0.3) is 0 Å². The number of hydrogen-bond acceptors (Lipinski definition) is 5. The van der Waals surface area contributed by atoms with Crippen LogP contribution in [0.15, 0.2) is 34.9 Å². The van der Waals surface area contributed by atoms with E-state index in [-0.39, 0.29) is 12.6 Å². The molecule has 0 saturated heterocycles. The lowest BCUT2D eigenvalue weighted by molar-refractivity contribution is -0.144. The minimum atomic E-state index is -0.268. The lowest BCUT2D eigenvalue weighted by Crippen LogP contribution is -2.04. The molecule has 0 saturated carbocycles. The first-order valence-electron chi connectivity index (χ1n) is 6.04. The lowest BCUT2D eigenvalue weighted by atomic mass is 10.1. The molecule has 0 atom stereocenters. The molecule has 2 aromatic rings. The van der Waals surface area contributed by atoms with Crippen molar-refractivity contribution in [1.82, 2.24) is 5.16 Å². The third-order valence-corrected chi connectivity index (χ3v) is 3.01. The minimum absolute atomic E-state index is 0.117. The van der Waals surface area contributed by atoms with E-state index in [4.69, 9.17) is 14.0 Å². The predicted molar refractivity (Wildman–Crippen MR) is 76.7 cm³/mol. The van der Waals surface area contributed by atoms with Gasteiger partial charge in [-0.05, 0) is 24.3 Å². The second kappa shape index (κ2) is 7.09. The van der Waals surface area contributed by atoms with Gasteiger partial charge in [-0.25, -0.2) is 0 Å². The maximum Gasteiger partial charge on any atom is 0.307 e. The molecular weight excluding hydrogens is 326 g/mol. The summed E-state index contributed by atoms with van der Waals surface area (Å²) in [6.45, 7) is 0.117. The van der Waals surface area contributed by atoms with Crippen molar-refractivity contribution >= 4 is 21.9 Å². The largest absolute Gasteiger partial charge is 0.497 e. The number of carbonyl (C=O) groups excluding carboxylic acids is 1. The van der Waals surface area contributed by atoms with E-state index in [1.165, 1.54) is 0 Å². The van der Waals surface area contributed by atoms with E-state index < -0.39 is 0 Å². The molecule has 6 heteroatoms. The second-order valence-electron chi connectivity index (χ2n) is 4.01. The Morgan fingerprint density at radius 3 is 2.75 bits per heavy atom. The number of rotatable bonds is 6. The van der Waals surface area contributed by atoms with E-state index in [0.717, 1.165) is 11.3 Å². The predicted octanol–water partition coefficient (Wildman–Crippen LogP) is 3.18. The van der Waals surface area contributed by atoms with Gasteiger partial charge < -0.3 is 14.0 Å². The first-order valence-corrected chi connectivity index (χ1v) is 7.16. The highest BCUT2D eigenvalue weighted by Gasteiger charge is 2.09. The molecular formula is C14H14BrNO4. The number of methoxy groups -OCH3 is 1. The van der Waals surface area contributed by atoms with Gasteiger partial charge in [-0.15, -0.1) is 0 Å². The van der Waals surface area contributed by atoms with Gasteiger partial charge in [0.15, 0.2) is 5.76 Å². The number of aromatic nitrogens is 1. The summed E-state index contributed by atoms with van der Waals surface area (Å²) in [5, 5.41) is 4.46. The molecule has 0 fully saturated rings. The zero-order chi connectivity index (χ0) is 14.4. The lowest BCUT2D eigenvalue weighted by Gasteiger charge is -2.00. The molecule has 0 aliphatic rings. The molecule has 1 heterocycles. The fourth-order valence-electron chi connectivity index (χ4n) is 1.57. The summed E-state index contributed by atoms with van der Waals surface area (Å²) in [5.74, 6) is 1.13. The molecule has 2 rings (SSSR count). The van der Waals surface area contributed by atoms with Crippen LogP contribution < -0.4 is 4.74 Å². The average Bonchev–Trinajstić information content (AvgIpc) is 2.94. The minimum Gasteiger partial charge on any atom is -0.497 e. The Morgan fingerprint density at radius 2 is 2.10 bits per heavy atom. The van der Waals surface area contributed by atoms with Crippen LogP contribution in [-0.4, -0.2) is 23.6 Å². The molecule has 0 aliphatic carbocycles. The molecule has 1 aromatic heterocycles. The summed E-state index contributed by atoms with van der Waals surface area (Å²) < 4.78 is 15.4. The highest BCUT2D eigenvalue weighted by molar-refractivity contribution is 9.09. The van der Waals surface area contributed by atoms with E-state index in [1.807, 2.05) is 24.3 Å². The van der Waals surface area contributed by atoms with Gasteiger partial charge in [0.2, 0.25) is 0 Å². The van der Waals surface area contributed by atoms with Crippen molar-refractivity contribution in [3.63, 3.8) is 0 Å². The van der Waals surface area contributed by atoms with Crippen LogP contribution in [0.5, 0.6) is 5.75 Å². The maximum atomic E-state index is 11.2. The summed E-state index contributed by atoms with van der Waals surface area (Å²) in [5.41, 5.74) is 1.47. The van der Waals surface area contributed by atoms with Crippen LogP contribution in [0.3, 0.4) is 0 Å². The molecule has 0 aliphatic heterocycles. The average molecular weight is 340 g/mol. The monoisotopic (exact) mass is 339 g/mol. The fourth-order valence-corrected chi connectivity index (χ4v) is 1.90. The Labute approximate surface area is 125 Å². The summed E-state index contributed by atoms with van der Waals surface area (Å²) >= 11 is 3.18. The molecule has 0 unspecified atom stereocenters. The highest BCUT2D eigenvalue weighted by Crippen LogP contribution is 2.23. The first kappa shape index (κ1) is 14.6. The molecule has 20 heavy (non-hydrogen) atoms. The zero-order valence-electron chi connectivity index (χ0n) is 11.0. The summed E-state index contributed by atoms with van der Waals surface area (Å²) in [6, 6.07) is 9.18. The quantitative estimate of drug-likeness (QED) is 0.597. The van der Waals surface area contributed by atoms with Crippen molar-refractivity contribution in [3.8, 4) is 17.1 Å². The van der Waals surface area contributed by atoms with E-state index in [1.54, 1.807) is 13.2 Å². The van der Waals surface area contributed by atoms with Crippen molar-refractivity contribution in [1.29, 1.82) is 0 Å². The van der Waals surface area contributed by atoms with Crippen molar-refractivity contribution in [3.05, 3.63) is 36.0 Å². The number of carbonyl (C=O) groups is 1. The second-order valence-corrected chi connectivity index (χ2v) is 4.80. The van der Waals surface area contributed by atoms with Gasteiger partial charge in [-0.2, -0.15) is 0 Å². The number of esters is 1. The topological polar surface area (TPSA) is 61.6 Å². The third kappa shape index (κ3) is 3.84. The van der Waals surface area contributed by atoms with Crippen LogP contribution in [-0.2, 0) is 16.1 Å². The number of ether oxygens (including phenoxy) is 2. The molecule has 1 aromatic carbocycles. The number of nitrogens with zero attached hydrogens (tertiary/aromatic N) is 1. The van der Waals surface area contributed by atoms with Gasteiger partial charge in [-0.1, -0.05) is 21.1 Å². The Kier molecular flexibility index (Phi) is 5.17. The molecule has 0 N–H and O–H groups in total. The summed E-state index contributed by atoms with van der Waals surface area (Å²) in [6.07, 6.45) is 0.336. The first-order chi connectivity index (χ1) is 9.72. The Hall–Kier alpha value is -1.82. The van der Waals surface area contributed by atoms with Crippen molar-refractivity contribution in [2.45, 2.75) is 13.0 Å². The van der Waals surface area contributed by atoms with E-state index in [2.05, 4.69) is 21.1 Å². The van der Waals surface area contributed by atoms with Crippen molar-refractivity contribution < 1.29 is 18.8 Å². The van der Waals surface area contributed by atoms with E-state index in [0.29, 0.717) is 23.2 Å². The SMILES string of the molecule is COc1ccc(-c2cc(COC(=O)CCBr)no2)cc1. The molecule has 106 valence electrons. The van der Waals surface area contributed by atoms with Crippen LogP contribution in [0.2, 0.25) is 0 Å².